The molecule has 1 aromatic carbocycles. The zero-order chi connectivity index (χ0) is 15.9. The highest BCUT2D eigenvalue weighted by Crippen LogP contribution is 2.20. The van der Waals surface area contributed by atoms with E-state index in [1.54, 1.807) is 31.3 Å². The van der Waals surface area contributed by atoms with Crippen molar-refractivity contribution in [3.05, 3.63) is 58.9 Å². The zero-order valence-corrected chi connectivity index (χ0v) is 13.1. The highest BCUT2D eigenvalue weighted by atomic mass is 35.5. The number of rotatable bonds is 5. The van der Waals surface area contributed by atoms with Gasteiger partial charge >= 0.3 is 0 Å². The maximum absolute atomic E-state index is 11.7. The average Bonchev–Trinajstić information content (AvgIpc) is 2.54. The molecule has 0 aliphatic rings. The molecule has 2 rings (SSSR count). The Bertz CT molecular complexity index is 687. The molecule has 1 aromatic heterocycles. The van der Waals surface area contributed by atoms with Gasteiger partial charge in [-0.25, -0.2) is 5.43 Å². The van der Waals surface area contributed by atoms with Crippen molar-refractivity contribution in [2.45, 2.75) is 13.8 Å². The van der Waals surface area contributed by atoms with Crippen molar-refractivity contribution in [1.29, 1.82) is 0 Å². The third kappa shape index (κ3) is 4.56. The van der Waals surface area contributed by atoms with Gasteiger partial charge in [-0.15, -0.1) is 0 Å². The van der Waals surface area contributed by atoms with E-state index < -0.39 is 0 Å². The third-order valence-corrected chi connectivity index (χ3v) is 3.31. The first kappa shape index (κ1) is 16.0. The molecule has 2 aromatic rings. The molecule has 1 N–H and O–H groups in total. The van der Waals surface area contributed by atoms with Gasteiger partial charge in [-0.2, -0.15) is 5.10 Å². The second-order valence-electron chi connectivity index (χ2n) is 4.65. The number of amides is 1. The monoisotopic (exact) mass is 317 g/mol. The normalized spacial score (nSPS) is 11.1. The van der Waals surface area contributed by atoms with Crippen LogP contribution in [0.25, 0.3) is 0 Å². The van der Waals surface area contributed by atoms with E-state index in [9.17, 15) is 4.79 Å². The molecule has 6 heteroatoms. The Morgan fingerprint density at radius 1 is 1.36 bits per heavy atom. The molecule has 114 valence electrons. The van der Waals surface area contributed by atoms with Crippen molar-refractivity contribution in [2.24, 2.45) is 5.10 Å². The molecule has 0 saturated heterocycles. The number of pyridine rings is 1. The second kappa shape index (κ2) is 7.56. The van der Waals surface area contributed by atoms with Crippen LogP contribution < -0.4 is 10.2 Å². The summed E-state index contributed by atoms with van der Waals surface area (Å²) in [6, 6.07) is 10.7. The lowest BCUT2D eigenvalue weighted by molar-refractivity contribution is -0.123. The number of hydrazone groups is 1. The molecular formula is C16H16ClN3O2. The minimum atomic E-state index is -0.345. The molecule has 22 heavy (non-hydrogen) atoms. The van der Waals surface area contributed by atoms with E-state index in [1.165, 1.54) is 0 Å². The number of nitrogens with zero attached hydrogens (tertiary/aromatic N) is 2. The smallest absolute Gasteiger partial charge is 0.277 e. The first-order chi connectivity index (χ1) is 10.6. The fourth-order valence-corrected chi connectivity index (χ4v) is 1.79. The van der Waals surface area contributed by atoms with E-state index >= 15 is 0 Å². The van der Waals surface area contributed by atoms with Gasteiger partial charge in [0.15, 0.2) is 6.61 Å². The standard InChI is InChI=1S/C16H16ClN3O2/c1-11-9-13(6-7-14(11)17)22-10-16(21)20-19-12(2)15-5-3-4-8-18-15/h3-9H,10H2,1-2H3,(H,20,21)/b19-12+. The lowest BCUT2D eigenvalue weighted by Crippen LogP contribution is -2.25. The maximum Gasteiger partial charge on any atom is 0.277 e. The number of benzene rings is 1. The van der Waals surface area contributed by atoms with E-state index in [1.807, 2.05) is 25.1 Å². The Morgan fingerprint density at radius 2 is 2.18 bits per heavy atom. The summed E-state index contributed by atoms with van der Waals surface area (Å²) in [7, 11) is 0. The summed E-state index contributed by atoms with van der Waals surface area (Å²) in [5, 5.41) is 4.65. The van der Waals surface area contributed by atoms with Gasteiger partial charge in [-0.05, 0) is 49.7 Å². The minimum Gasteiger partial charge on any atom is -0.484 e. The molecule has 0 fully saturated rings. The minimum absolute atomic E-state index is 0.125. The van der Waals surface area contributed by atoms with Crippen LogP contribution in [-0.2, 0) is 4.79 Å². The van der Waals surface area contributed by atoms with Gasteiger partial charge in [-0.1, -0.05) is 17.7 Å². The van der Waals surface area contributed by atoms with Gasteiger partial charge in [-0.3, -0.25) is 9.78 Å². The lowest BCUT2D eigenvalue weighted by atomic mass is 10.2. The molecular weight excluding hydrogens is 302 g/mol. The molecule has 0 unspecified atom stereocenters. The summed E-state index contributed by atoms with van der Waals surface area (Å²) in [6.07, 6.45) is 1.67. The fraction of sp³-hybridized carbons (Fsp3) is 0.188. The number of hydrogen-bond acceptors (Lipinski definition) is 4. The van der Waals surface area contributed by atoms with Crippen LogP contribution in [0.2, 0.25) is 5.02 Å². The number of halogens is 1. The van der Waals surface area contributed by atoms with Crippen molar-refractivity contribution in [1.82, 2.24) is 10.4 Å². The van der Waals surface area contributed by atoms with E-state index in [0.717, 1.165) is 5.56 Å². The number of aromatic nitrogens is 1. The highest BCUT2D eigenvalue weighted by Gasteiger charge is 2.04. The molecule has 1 amide bonds. The van der Waals surface area contributed by atoms with Gasteiger partial charge in [0.25, 0.3) is 5.91 Å². The zero-order valence-electron chi connectivity index (χ0n) is 12.3. The molecule has 5 nitrogen and oxygen atoms in total. The molecule has 0 atom stereocenters. The Kier molecular flexibility index (Phi) is 5.49. The molecule has 0 bridgehead atoms. The third-order valence-electron chi connectivity index (χ3n) is 2.88. The van der Waals surface area contributed by atoms with Gasteiger partial charge in [0.05, 0.1) is 11.4 Å². The summed E-state index contributed by atoms with van der Waals surface area (Å²) >= 11 is 5.93. The molecule has 1 heterocycles. The summed E-state index contributed by atoms with van der Waals surface area (Å²) in [5.74, 6) is 0.241. The quantitative estimate of drug-likeness (QED) is 0.681. The van der Waals surface area contributed by atoms with Crippen LogP contribution in [0.1, 0.15) is 18.2 Å². The van der Waals surface area contributed by atoms with Crippen molar-refractivity contribution >= 4 is 23.2 Å². The topological polar surface area (TPSA) is 63.6 Å². The van der Waals surface area contributed by atoms with Crippen LogP contribution in [0.15, 0.2) is 47.7 Å². The van der Waals surface area contributed by atoms with E-state index in [4.69, 9.17) is 16.3 Å². The number of ether oxygens (including phenoxy) is 1. The molecule has 0 aliphatic carbocycles. The van der Waals surface area contributed by atoms with E-state index in [0.29, 0.717) is 22.2 Å². The van der Waals surface area contributed by atoms with Gasteiger partial charge in [0.2, 0.25) is 0 Å². The average molecular weight is 318 g/mol. The van der Waals surface area contributed by atoms with Crippen molar-refractivity contribution < 1.29 is 9.53 Å². The molecule has 0 radical (unpaired) electrons. The van der Waals surface area contributed by atoms with Crippen molar-refractivity contribution in [3.63, 3.8) is 0 Å². The largest absolute Gasteiger partial charge is 0.484 e. The number of nitrogens with one attached hydrogen (secondary N) is 1. The van der Waals surface area contributed by atoms with Crippen LogP contribution in [0, 0.1) is 6.92 Å². The first-order valence-electron chi connectivity index (χ1n) is 6.70. The van der Waals surface area contributed by atoms with Crippen LogP contribution in [-0.4, -0.2) is 23.2 Å². The Morgan fingerprint density at radius 3 is 2.86 bits per heavy atom. The Hall–Kier alpha value is -2.40. The number of aryl methyl sites for hydroxylation is 1. The fourth-order valence-electron chi connectivity index (χ4n) is 1.67. The summed E-state index contributed by atoms with van der Waals surface area (Å²) < 4.78 is 5.39. The van der Waals surface area contributed by atoms with Crippen LogP contribution in [0.3, 0.4) is 0 Å². The second-order valence-corrected chi connectivity index (χ2v) is 5.05. The maximum atomic E-state index is 11.7. The predicted octanol–water partition coefficient (Wildman–Crippen LogP) is 2.96. The SMILES string of the molecule is C/C(=N\NC(=O)COc1ccc(Cl)c(C)c1)c1ccccn1. The van der Waals surface area contributed by atoms with Crippen molar-refractivity contribution in [2.75, 3.05) is 6.61 Å². The lowest BCUT2D eigenvalue weighted by Gasteiger charge is -2.07. The van der Waals surface area contributed by atoms with Gasteiger partial charge < -0.3 is 4.74 Å². The summed E-state index contributed by atoms with van der Waals surface area (Å²) in [5.41, 5.74) is 4.65. The summed E-state index contributed by atoms with van der Waals surface area (Å²) in [4.78, 5) is 15.9. The Labute approximate surface area is 134 Å². The van der Waals surface area contributed by atoms with Crippen LogP contribution in [0.4, 0.5) is 0 Å². The number of carbonyl (C=O) groups excluding carboxylic acids is 1. The number of hydrogen-bond donors (Lipinski definition) is 1. The van der Waals surface area contributed by atoms with E-state index in [-0.39, 0.29) is 12.5 Å². The molecule has 0 saturated carbocycles. The molecule has 0 aliphatic heterocycles. The molecule has 0 spiro atoms. The van der Waals surface area contributed by atoms with E-state index in [2.05, 4.69) is 15.5 Å². The van der Waals surface area contributed by atoms with Gasteiger partial charge in [0.1, 0.15) is 5.75 Å². The highest BCUT2D eigenvalue weighted by molar-refractivity contribution is 6.31. The number of carbonyl (C=O) groups is 1. The summed E-state index contributed by atoms with van der Waals surface area (Å²) in [6.45, 7) is 3.52. The van der Waals surface area contributed by atoms with Gasteiger partial charge in [0, 0.05) is 11.2 Å². The first-order valence-corrected chi connectivity index (χ1v) is 7.07. The van der Waals surface area contributed by atoms with Crippen LogP contribution >= 0.6 is 11.6 Å². The Balaban J connectivity index is 1.86. The predicted molar refractivity (Wildman–Crippen MR) is 86.3 cm³/mol. The van der Waals surface area contributed by atoms with Crippen molar-refractivity contribution in [3.8, 4) is 5.75 Å². The van der Waals surface area contributed by atoms with Crippen LogP contribution in [0.5, 0.6) is 5.75 Å².